The molecular weight excluding hydrogens is 232 g/mol. The van der Waals surface area contributed by atoms with Gasteiger partial charge in [0, 0.05) is 18.3 Å². The van der Waals surface area contributed by atoms with Crippen LogP contribution >= 0.6 is 0 Å². The summed E-state index contributed by atoms with van der Waals surface area (Å²) in [5.41, 5.74) is 5.24. The second-order valence-corrected chi connectivity index (χ2v) is 5.25. The standard InChI is InChI=1S/C12H22N4O2/c1-12(2,3)15-11(17)18-7-5-4-6-16-8-10(13)14-9-16/h8-9H,4-7,13H2,1-3H3,(H,15,17). The summed E-state index contributed by atoms with van der Waals surface area (Å²) in [6, 6.07) is 0. The molecule has 0 bridgehead atoms. The Morgan fingerprint density at radius 3 is 2.78 bits per heavy atom. The molecule has 0 unspecified atom stereocenters. The normalized spacial score (nSPS) is 11.3. The van der Waals surface area contributed by atoms with Crippen molar-refractivity contribution < 1.29 is 9.53 Å². The third-order valence-corrected chi connectivity index (χ3v) is 2.17. The van der Waals surface area contributed by atoms with Crippen molar-refractivity contribution in [2.24, 2.45) is 0 Å². The minimum atomic E-state index is -0.366. The van der Waals surface area contributed by atoms with E-state index in [2.05, 4.69) is 10.3 Å². The summed E-state index contributed by atoms with van der Waals surface area (Å²) in [5, 5.41) is 2.74. The fraction of sp³-hybridized carbons (Fsp3) is 0.667. The van der Waals surface area contributed by atoms with E-state index in [9.17, 15) is 4.79 Å². The van der Waals surface area contributed by atoms with Crippen molar-refractivity contribution in [2.75, 3.05) is 12.3 Å². The second-order valence-electron chi connectivity index (χ2n) is 5.25. The zero-order chi connectivity index (χ0) is 13.6. The van der Waals surface area contributed by atoms with Crippen LogP contribution in [0.5, 0.6) is 0 Å². The predicted molar refractivity (Wildman–Crippen MR) is 70.1 cm³/mol. The van der Waals surface area contributed by atoms with E-state index in [1.54, 1.807) is 12.5 Å². The lowest BCUT2D eigenvalue weighted by molar-refractivity contribution is 0.135. The number of carbonyl (C=O) groups is 1. The van der Waals surface area contributed by atoms with E-state index in [1.165, 1.54) is 0 Å². The molecule has 0 atom stereocenters. The molecule has 0 spiro atoms. The number of unbranched alkanes of at least 4 members (excludes halogenated alkanes) is 1. The summed E-state index contributed by atoms with van der Waals surface area (Å²) >= 11 is 0. The van der Waals surface area contributed by atoms with Crippen LogP contribution in [-0.2, 0) is 11.3 Å². The number of nitrogens with one attached hydrogen (secondary N) is 1. The molecule has 1 aromatic rings. The number of hydrogen-bond acceptors (Lipinski definition) is 4. The monoisotopic (exact) mass is 254 g/mol. The number of ether oxygens (including phenoxy) is 1. The van der Waals surface area contributed by atoms with Crippen LogP contribution in [0, 0.1) is 0 Å². The molecule has 0 radical (unpaired) electrons. The number of imidazole rings is 1. The number of nitrogens with two attached hydrogens (primary N) is 1. The van der Waals surface area contributed by atoms with E-state index in [4.69, 9.17) is 10.5 Å². The van der Waals surface area contributed by atoms with Gasteiger partial charge in [0.1, 0.15) is 5.82 Å². The molecule has 0 aliphatic rings. The molecule has 18 heavy (non-hydrogen) atoms. The van der Waals surface area contributed by atoms with E-state index < -0.39 is 0 Å². The van der Waals surface area contributed by atoms with Gasteiger partial charge in [-0.15, -0.1) is 0 Å². The number of amides is 1. The number of aryl methyl sites for hydroxylation is 1. The Kier molecular flexibility index (Phi) is 5.00. The van der Waals surface area contributed by atoms with E-state index >= 15 is 0 Å². The molecule has 0 aliphatic heterocycles. The highest BCUT2D eigenvalue weighted by atomic mass is 16.5. The third-order valence-electron chi connectivity index (χ3n) is 2.17. The highest BCUT2D eigenvalue weighted by Gasteiger charge is 2.13. The van der Waals surface area contributed by atoms with E-state index in [-0.39, 0.29) is 11.6 Å². The predicted octanol–water partition coefficient (Wildman–Crippen LogP) is 1.77. The van der Waals surface area contributed by atoms with Crippen LogP contribution in [0.4, 0.5) is 10.6 Å². The van der Waals surface area contributed by atoms with Crippen LogP contribution in [0.1, 0.15) is 33.6 Å². The molecule has 0 saturated heterocycles. The minimum absolute atomic E-state index is 0.259. The molecule has 1 aromatic heterocycles. The van der Waals surface area contributed by atoms with Gasteiger partial charge in [-0.2, -0.15) is 0 Å². The number of nitrogens with zero attached hydrogens (tertiary/aromatic N) is 2. The highest BCUT2D eigenvalue weighted by molar-refractivity contribution is 5.67. The molecule has 6 heteroatoms. The first-order valence-electron chi connectivity index (χ1n) is 6.09. The molecule has 0 saturated carbocycles. The number of nitrogen functional groups attached to an aromatic ring is 1. The number of alkyl carbamates (subject to hydrolysis) is 1. The number of aromatic nitrogens is 2. The molecular formula is C12H22N4O2. The van der Waals surface area contributed by atoms with Crippen molar-refractivity contribution in [3.8, 4) is 0 Å². The minimum Gasteiger partial charge on any atom is -0.450 e. The van der Waals surface area contributed by atoms with Crippen molar-refractivity contribution in [3.05, 3.63) is 12.5 Å². The summed E-state index contributed by atoms with van der Waals surface area (Å²) in [6.07, 6.45) is 4.85. The molecule has 102 valence electrons. The van der Waals surface area contributed by atoms with Crippen LogP contribution in [0.25, 0.3) is 0 Å². The van der Waals surface area contributed by atoms with Crippen molar-refractivity contribution in [2.45, 2.75) is 45.7 Å². The van der Waals surface area contributed by atoms with Gasteiger partial charge in [-0.1, -0.05) is 0 Å². The Bertz CT molecular complexity index is 382. The summed E-state index contributed by atoms with van der Waals surface area (Å²) in [5.74, 6) is 0.524. The first-order valence-corrected chi connectivity index (χ1v) is 6.09. The zero-order valence-electron chi connectivity index (χ0n) is 11.3. The Morgan fingerprint density at radius 1 is 1.50 bits per heavy atom. The van der Waals surface area contributed by atoms with E-state index in [1.807, 2.05) is 25.3 Å². The number of carbonyl (C=O) groups excluding carboxylic acids is 1. The van der Waals surface area contributed by atoms with Gasteiger partial charge in [-0.25, -0.2) is 9.78 Å². The molecule has 0 fully saturated rings. The second kappa shape index (κ2) is 6.28. The topological polar surface area (TPSA) is 82.2 Å². The average molecular weight is 254 g/mol. The fourth-order valence-electron chi connectivity index (χ4n) is 1.40. The molecule has 1 rings (SSSR count). The van der Waals surface area contributed by atoms with Crippen molar-refractivity contribution in [1.82, 2.24) is 14.9 Å². The van der Waals surface area contributed by atoms with Gasteiger partial charge in [0.25, 0.3) is 0 Å². The van der Waals surface area contributed by atoms with Gasteiger partial charge in [-0.3, -0.25) is 0 Å². The lowest BCUT2D eigenvalue weighted by Crippen LogP contribution is -2.41. The Morgan fingerprint density at radius 2 is 2.22 bits per heavy atom. The third kappa shape index (κ3) is 6.12. The van der Waals surface area contributed by atoms with Crippen molar-refractivity contribution >= 4 is 11.9 Å². The van der Waals surface area contributed by atoms with Crippen LogP contribution in [0.15, 0.2) is 12.5 Å². The van der Waals surface area contributed by atoms with Crippen molar-refractivity contribution in [3.63, 3.8) is 0 Å². The maximum absolute atomic E-state index is 11.3. The summed E-state index contributed by atoms with van der Waals surface area (Å²) in [7, 11) is 0. The number of rotatable bonds is 5. The largest absolute Gasteiger partial charge is 0.450 e. The molecule has 0 aromatic carbocycles. The molecule has 1 amide bonds. The zero-order valence-corrected chi connectivity index (χ0v) is 11.3. The van der Waals surface area contributed by atoms with Gasteiger partial charge in [0.15, 0.2) is 0 Å². The first kappa shape index (κ1) is 14.3. The van der Waals surface area contributed by atoms with Gasteiger partial charge >= 0.3 is 6.09 Å². The first-order chi connectivity index (χ1) is 8.37. The summed E-state index contributed by atoms with van der Waals surface area (Å²) in [4.78, 5) is 15.3. The summed E-state index contributed by atoms with van der Waals surface area (Å²) in [6.45, 7) is 6.99. The maximum atomic E-state index is 11.3. The lowest BCUT2D eigenvalue weighted by Gasteiger charge is -2.19. The average Bonchev–Trinajstić information content (AvgIpc) is 2.61. The van der Waals surface area contributed by atoms with Gasteiger partial charge in [-0.05, 0) is 33.6 Å². The molecule has 6 nitrogen and oxygen atoms in total. The lowest BCUT2D eigenvalue weighted by atomic mass is 10.1. The highest BCUT2D eigenvalue weighted by Crippen LogP contribution is 2.02. The van der Waals surface area contributed by atoms with Crippen LogP contribution in [0.3, 0.4) is 0 Å². The SMILES string of the molecule is CC(C)(C)NC(=O)OCCCCn1cnc(N)c1. The van der Waals surface area contributed by atoms with Gasteiger partial charge in [0.2, 0.25) is 0 Å². The number of anilines is 1. The molecule has 3 N–H and O–H groups in total. The van der Waals surface area contributed by atoms with E-state index in [0.29, 0.717) is 12.4 Å². The Balaban J connectivity index is 2.07. The van der Waals surface area contributed by atoms with E-state index in [0.717, 1.165) is 19.4 Å². The summed E-state index contributed by atoms with van der Waals surface area (Å²) < 4.78 is 6.98. The maximum Gasteiger partial charge on any atom is 0.407 e. The van der Waals surface area contributed by atoms with Gasteiger partial charge < -0.3 is 20.4 Å². The quantitative estimate of drug-likeness (QED) is 0.784. The molecule has 0 aliphatic carbocycles. The fourth-order valence-corrected chi connectivity index (χ4v) is 1.40. The smallest absolute Gasteiger partial charge is 0.407 e. The van der Waals surface area contributed by atoms with Crippen LogP contribution in [-0.4, -0.2) is 27.8 Å². The molecule has 1 heterocycles. The van der Waals surface area contributed by atoms with Crippen molar-refractivity contribution in [1.29, 1.82) is 0 Å². The Hall–Kier alpha value is -1.72. The Labute approximate surface area is 108 Å². The van der Waals surface area contributed by atoms with Crippen LogP contribution < -0.4 is 11.1 Å². The number of hydrogen-bond donors (Lipinski definition) is 2. The van der Waals surface area contributed by atoms with Gasteiger partial charge in [0.05, 0.1) is 12.9 Å². The van der Waals surface area contributed by atoms with Crippen LogP contribution in [0.2, 0.25) is 0 Å².